The van der Waals surface area contributed by atoms with E-state index >= 15 is 0 Å². The van der Waals surface area contributed by atoms with E-state index in [1.165, 1.54) is 0 Å². The Hall–Kier alpha value is -1.13. The Balaban J connectivity index is 2.78. The lowest BCUT2D eigenvalue weighted by molar-refractivity contribution is 0.542. The molecular formula is C11H14NO2S-. The van der Waals surface area contributed by atoms with Crippen LogP contribution in [0.5, 0.6) is 0 Å². The van der Waals surface area contributed by atoms with Gasteiger partial charge in [-0.15, -0.1) is 0 Å². The Morgan fingerprint density at radius 2 is 2.20 bits per heavy atom. The van der Waals surface area contributed by atoms with Crippen molar-refractivity contribution in [1.82, 2.24) is 0 Å². The molecule has 0 aliphatic heterocycles. The minimum Gasteiger partial charge on any atom is -0.755 e. The molecule has 0 radical (unpaired) electrons. The van der Waals surface area contributed by atoms with Crippen molar-refractivity contribution < 1.29 is 8.76 Å². The van der Waals surface area contributed by atoms with Gasteiger partial charge in [0.05, 0.1) is 0 Å². The fraction of sp³-hybridized carbons (Fsp3) is 0.273. The lowest BCUT2D eigenvalue weighted by Gasteiger charge is -2.08. The molecule has 0 saturated carbocycles. The van der Waals surface area contributed by atoms with Gasteiger partial charge in [0.2, 0.25) is 0 Å². The second-order valence-electron chi connectivity index (χ2n) is 3.57. The molecule has 82 valence electrons. The van der Waals surface area contributed by atoms with Crippen LogP contribution in [-0.4, -0.2) is 8.76 Å². The van der Waals surface area contributed by atoms with Crippen LogP contribution in [-0.2, 0) is 11.3 Å². The van der Waals surface area contributed by atoms with Crippen LogP contribution in [0, 0.1) is 5.92 Å². The Morgan fingerprint density at radius 1 is 1.47 bits per heavy atom. The average molecular weight is 224 g/mol. The highest BCUT2D eigenvalue weighted by Gasteiger charge is 1.92. The summed E-state index contributed by atoms with van der Waals surface area (Å²) in [6, 6.07) is 7.24. The highest BCUT2D eigenvalue weighted by molar-refractivity contribution is 7.80. The Bertz CT molecular complexity index is 375. The van der Waals surface area contributed by atoms with Crippen LogP contribution < -0.4 is 4.72 Å². The van der Waals surface area contributed by atoms with E-state index in [0.29, 0.717) is 11.6 Å². The molecule has 1 atom stereocenters. The molecule has 0 aliphatic rings. The predicted octanol–water partition coefficient (Wildman–Crippen LogP) is 2.56. The van der Waals surface area contributed by atoms with E-state index in [0.717, 1.165) is 5.56 Å². The third-order valence-electron chi connectivity index (χ3n) is 1.76. The predicted molar refractivity (Wildman–Crippen MR) is 62.9 cm³/mol. The smallest absolute Gasteiger partial charge is 0.0458 e. The van der Waals surface area contributed by atoms with Crippen LogP contribution in [0.2, 0.25) is 0 Å². The first-order valence-corrected chi connectivity index (χ1v) is 5.79. The van der Waals surface area contributed by atoms with Crippen molar-refractivity contribution in [2.24, 2.45) is 5.92 Å². The van der Waals surface area contributed by atoms with Gasteiger partial charge < -0.3 is 9.27 Å². The fourth-order valence-electron chi connectivity index (χ4n) is 1.11. The van der Waals surface area contributed by atoms with E-state index < -0.39 is 11.3 Å². The topological polar surface area (TPSA) is 52.2 Å². The molecule has 0 amide bonds. The van der Waals surface area contributed by atoms with Crippen LogP contribution >= 0.6 is 0 Å². The molecule has 1 aromatic carbocycles. The summed E-state index contributed by atoms with van der Waals surface area (Å²) in [5.74, 6) is 0.482. The Kier molecular flexibility index (Phi) is 4.52. The summed E-state index contributed by atoms with van der Waals surface area (Å²) in [5, 5.41) is 0. The normalized spacial score (nSPS) is 13.3. The van der Waals surface area contributed by atoms with Crippen molar-refractivity contribution in [3.05, 3.63) is 35.9 Å². The molecule has 4 heteroatoms. The minimum absolute atomic E-state index is 0.482. The SMILES string of the molecule is CC(C)/C=C/c1cccc(NS(=O)[O-])c1. The standard InChI is InChI=1S/C11H15NO2S/c1-9(2)6-7-10-4-3-5-11(8-10)12-15(13)14/h3-9,12H,1-2H3,(H,13,14)/p-1/b7-6+. The Morgan fingerprint density at radius 3 is 2.80 bits per heavy atom. The van der Waals surface area contributed by atoms with Gasteiger partial charge in [-0.3, -0.25) is 4.21 Å². The zero-order chi connectivity index (χ0) is 11.3. The van der Waals surface area contributed by atoms with Crippen LogP contribution in [0.25, 0.3) is 6.08 Å². The molecule has 1 aromatic rings. The summed E-state index contributed by atoms with van der Waals surface area (Å²) in [6.45, 7) is 4.18. The molecule has 0 fully saturated rings. The zero-order valence-corrected chi connectivity index (χ0v) is 9.58. The molecule has 1 rings (SSSR count). The molecule has 0 heterocycles. The van der Waals surface area contributed by atoms with Crippen LogP contribution in [0.3, 0.4) is 0 Å². The van der Waals surface area contributed by atoms with Gasteiger partial charge in [-0.2, -0.15) is 0 Å². The summed E-state index contributed by atoms with van der Waals surface area (Å²) >= 11 is -2.26. The molecular weight excluding hydrogens is 210 g/mol. The third kappa shape index (κ3) is 4.76. The molecule has 15 heavy (non-hydrogen) atoms. The van der Waals surface area contributed by atoms with Crippen molar-refractivity contribution in [3.8, 4) is 0 Å². The van der Waals surface area contributed by atoms with Gasteiger partial charge in [0.15, 0.2) is 0 Å². The van der Waals surface area contributed by atoms with Gasteiger partial charge in [-0.1, -0.05) is 38.1 Å². The molecule has 0 aromatic heterocycles. The largest absolute Gasteiger partial charge is 0.755 e. The zero-order valence-electron chi connectivity index (χ0n) is 8.77. The first kappa shape index (κ1) is 11.9. The third-order valence-corrected chi connectivity index (χ3v) is 2.16. The summed E-state index contributed by atoms with van der Waals surface area (Å²) in [4.78, 5) is 0. The molecule has 0 bridgehead atoms. The number of anilines is 1. The maximum atomic E-state index is 10.4. The Labute approximate surface area is 92.6 Å². The lowest BCUT2D eigenvalue weighted by atomic mass is 10.1. The van der Waals surface area contributed by atoms with Crippen LogP contribution in [0.15, 0.2) is 30.3 Å². The first-order valence-electron chi connectivity index (χ1n) is 4.72. The maximum Gasteiger partial charge on any atom is 0.0458 e. The average Bonchev–Trinajstić information content (AvgIpc) is 2.14. The number of benzene rings is 1. The number of nitrogens with one attached hydrogen (secondary N) is 1. The van der Waals surface area contributed by atoms with Crippen molar-refractivity contribution in [1.29, 1.82) is 0 Å². The first-order chi connectivity index (χ1) is 7.08. The summed E-state index contributed by atoms with van der Waals surface area (Å²) in [6.07, 6.45) is 4.04. The molecule has 1 N–H and O–H groups in total. The van der Waals surface area contributed by atoms with Crippen molar-refractivity contribution in [2.75, 3.05) is 4.72 Å². The summed E-state index contributed by atoms with van der Waals surface area (Å²) in [7, 11) is 0. The van der Waals surface area contributed by atoms with Crippen molar-refractivity contribution in [3.63, 3.8) is 0 Å². The van der Waals surface area contributed by atoms with E-state index in [1.807, 2.05) is 18.2 Å². The highest BCUT2D eigenvalue weighted by atomic mass is 32.2. The van der Waals surface area contributed by atoms with Gasteiger partial charge in [0, 0.05) is 17.0 Å². The fourth-order valence-corrected chi connectivity index (χ4v) is 1.43. The van der Waals surface area contributed by atoms with Crippen molar-refractivity contribution in [2.45, 2.75) is 13.8 Å². The van der Waals surface area contributed by atoms with Crippen LogP contribution in [0.4, 0.5) is 5.69 Å². The second kappa shape index (κ2) is 5.68. The number of hydrogen-bond acceptors (Lipinski definition) is 2. The van der Waals surface area contributed by atoms with Gasteiger partial charge >= 0.3 is 0 Å². The van der Waals surface area contributed by atoms with Crippen molar-refractivity contribution >= 4 is 23.0 Å². The monoisotopic (exact) mass is 224 g/mol. The van der Waals surface area contributed by atoms with E-state index in [9.17, 15) is 8.76 Å². The summed E-state index contributed by atoms with van der Waals surface area (Å²) < 4.78 is 23.1. The van der Waals surface area contributed by atoms with Gasteiger partial charge in [-0.25, -0.2) is 0 Å². The summed E-state index contributed by atoms with van der Waals surface area (Å²) in [5.41, 5.74) is 1.56. The molecule has 0 aliphatic carbocycles. The highest BCUT2D eigenvalue weighted by Crippen LogP contribution is 2.13. The minimum atomic E-state index is -2.26. The van der Waals surface area contributed by atoms with Gasteiger partial charge in [-0.05, 0) is 23.6 Å². The van der Waals surface area contributed by atoms with Gasteiger partial charge in [0.25, 0.3) is 0 Å². The number of allylic oxidation sites excluding steroid dienone is 1. The molecule has 0 spiro atoms. The number of rotatable bonds is 4. The maximum absolute atomic E-state index is 10.4. The quantitative estimate of drug-likeness (QED) is 0.799. The molecule has 3 nitrogen and oxygen atoms in total. The van der Waals surface area contributed by atoms with E-state index in [1.54, 1.807) is 12.1 Å². The van der Waals surface area contributed by atoms with Crippen LogP contribution in [0.1, 0.15) is 19.4 Å². The lowest BCUT2D eigenvalue weighted by Crippen LogP contribution is -2.01. The van der Waals surface area contributed by atoms with E-state index in [4.69, 9.17) is 0 Å². The van der Waals surface area contributed by atoms with Gasteiger partial charge in [0.1, 0.15) is 0 Å². The van der Waals surface area contributed by atoms with E-state index in [2.05, 4.69) is 24.6 Å². The number of hydrogen-bond donors (Lipinski definition) is 1. The van der Waals surface area contributed by atoms with E-state index in [-0.39, 0.29) is 0 Å². The molecule has 0 saturated heterocycles. The second-order valence-corrected chi connectivity index (χ2v) is 4.24. The molecule has 1 unspecified atom stereocenters.